The molecule has 0 amide bonds. The zero-order valence-electron chi connectivity index (χ0n) is 10.7. The molecule has 0 aromatic heterocycles. The normalized spacial score (nSPS) is 15.5. The van der Waals surface area contributed by atoms with Gasteiger partial charge in [0.25, 0.3) is 0 Å². The van der Waals surface area contributed by atoms with E-state index >= 15 is 0 Å². The predicted molar refractivity (Wildman–Crippen MR) is 74.6 cm³/mol. The molecule has 5 heteroatoms. The fourth-order valence-electron chi connectivity index (χ4n) is 1.98. The molecule has 0 spiro atoms. The van der Waals surface area contributed by atoms with Gasteiger partial charge in [0.05, 0.1) is 0 Å². The molecule has 98 valence electrons. The average Bonchev–Trinajstić information content (AvgIpc) is 2.39. The van der Waals surface area contributed by atoms with Crippen LogP contribution in [0.1, 0.15) is 12.0 Å². The number of rotatable bonds is 3. The maximum Gasteiger partial charge on any atom is 0.193 e. The summed E-state index contributed by atoms with van der Waals surface area (Å²) >= 11 is 1.56. The topological polar surface area (TPSA) is 27.6 Å². The lowest BCUT2D eigenvalue weighted by molar-refractivity contribution is 0.444. The standard InChI is InChI=1S/C13H18FN3S/c1-17-8-4-7-15-13(17)16-9-10-11(14)5-3-6-12(10)18-2/h3,5-6H,4,7-9H2,1-2H3,(H,15,16). The van der Waals surface area contributed by atoms with Crippen LogP contribution in [-0.2, 0) is 6.54 Å². The summed E-state index contributed by atoms with van der Waals surface area (Å²) < 4.78 is 13.8. The van der Waals surface area contributed by atoms with Crippen molar-refractivity contribution in [2.24, 2.45) is 4.99 Å². The second-order valence-corrected chi connectivity index (χ2v) is 5.10. The number of nitrogens with zero attached hydrogens (tertiary/aromatic N) is 2. The van der Waals surface area contributed by atoms with Crippen LogP contribution in [-0.4, -0.2) is 37.3 Å². The van der Waals surface area contributed by atoms with Gasteiger partial charge in [-0.2, -0.15) is 0 Å². The molecule has 0 aliphatic carbocycles. The van der Waals surface area contributed by atoms with Crippen molar-refractivity contribution in [3.63, 3.8) is 0 Å². The number of aliphatic imine (C=N–C) groups is 1. The summed E-state index contributed by atoms with van der Waals surface area (Å²) in [7, 11) is 2.00. The first-order valence-electron chi connectivity index (χ1n) is 6.03. The highest BCUT2D eigenvalue weighted by atomic mass is 32.2. The summed E-state index contributed by atoms with van der Waals surface area (Å²) in [5, 5.41) is 3.23. The van der Waals surface area contributed by atoms with Crippen LogP contribution in [0.2, 0.25) is 0 Å². The molecule has 1 aliphatic heterocycles. The van der Waals surface area contributed by atoms with E-state index in [1.54, 1.807) is 17.8 Å². The van der Waals surface area contributed by atoms with Gasteiger partial charge in [-0.1, -0.05) is 6.07 Å². The fraction of sp³-hybridized carbons (Fsp3) is 0.462. The number of nitrogens with one attached hydrogen (secondary N) is 1. The van der Waals surface area contributed by atoms with Crippen molar-refractivity contribution in [3.05, 3.63) is 29.6 Å². The van der Waals surface area contributed by atoms with Gasteiger partial charge in [0.15, 0.2) is 5.96 Å². The molecule has 1 N–H and O–H groups in total. The maximum absolute atomic E-state index is 13.8. The molecule has 0 radical (unpaired) electrons. The number of benzene rings is 1. The Balaban J connectivity index is 2.08. The number of hydrogen-bond donors (Lipinski definition) is 1. The Hall–Kier alpha value is -1.23. The molecule has 0 bridgehead atoms. The predicted octanol–water partition coefficient (Wildman–Crippen LogP) is 2.33. The molecular weight excluding hydrogens is 249 g/mol. The average molecular weight is 267 g/mol. The third kappa shape index (κ3) is 2.96. The second-order valence-electron chi connectivity index (χ2n) is 4.25. The lowest BCUT2D eigenvalue weighted by Gasteiger charge is -2.26. The molecule has 0 atom stereocenters. The van der Waals surface area contributed by atoms with Crippen LogP contribution in [0, 0.1) is 5.82 Å². The molecule has 3 nitrogen and oxygen atoms in total. The van der Waals surface area contributed by atoms with E-state index in [0.29, 0.717) is 12.1 Å². The van der Waals surface area contributed by atoms with Crippen LogP contribution in [0.15, 0.2) is 28.1 Å². The van der Waals surface area contributed by atoms with Gasteiger partial charge in [0.2, 0.25) is 0 Å². The molecule has 0 unspecified atom stereocenters. The lowest BCUT2D eigenvalue weighted by Crippen LogP contribution is -2.41. The molecule has 1 aromatic rings. The zero-order chi connectivity index (χ0) is 13.0. The second kappa shape index (κ2) is 6.09. The van der Waals surface area contributed by atoms with Gasteiger partial charge in [-0.05, 0) is 24.8 Å². The minimum Gasteiger partial charge on any atom is -0.352 e. The number of guanidine groups is 1. The van der Waals surface area contributed by atoms with Crippen LogP contribution in [0.25, 0.3) is 0 Å². The van der Waals surface area contributed by atoms with E-state index in [0.717, 1.165) is 30.4 Å². The number of hydrogen-bond acceptors (Lipinski definition) is 4. The van der Waals surface area contributed by atoms with E-state index in [-0.39, 0.29) is 5.82 Å². The Bertz CT molecular complexity index is 448. The van der Waals surface area contributed by atoms with Crippen LogP contribution in [0.5, 0.6) is 0 Å². The highest BCUT2D eigenvalue weighted by molar-refractivity contribution is 7.98. The smallest absolute Gasteiger partial charge is 0.193 e. The molecule has 0 fully saturated rings. The van der Waals surface area contributed by atoms with Gasteiger partial charge in [-0.25, -0.2) is 4.39 Å². The van der Waals surface area contributed by atoms with E-state index in [1.807, 2.05) is 19.4 Å². The Morgan fingerprint density at radius 3 is 3.06 bits per heavy atom. The van der Waals surface area contributed by atoms with E-state index in [2.05, 4.69) is 15.2 Å². The van der Waals surface area contributed by atoms with Crippen molar-refractivity contribution in [1.82, 2.24) is 10.2 Å². The van der Waals surface area contributed by atoms with Gasteiger partial charge in [0, 0.05) is 37.1 Å². The largest absolute Gasteiger partial charge is 0.352 e. The number of thioether (sulfide) groups is 1. The van der Waals surface area contributed by atoms with Gasteiger partial charge >= 0.3 is 0 Å². The van der Waals surface area contributed by atoms with Crippen LogP contribution in [0.4, 0.5) is 4.39 Å². The van der Waals surface area contributed by atoms with Gasteiger partial charge < -0.3 is 10.2 Å². The first-order chi connectivity index (χ1) is 8.72. The molecular formula is C13H18FN3S. The summed E-state index contributed by atoms with van der Waals surface area (Å²) in [6.07, 6.45) is 3.04. The summed E-state index contributed by atoms with van der Waals surface area (Å²) in [6.45, 7) is 2.32. The van der Waals surface area contributed by atoms with Gasteiger partial charge in [0.1, 0.15) is 5.82 Å². The van der Waals surface area contributed by atoms with E-state index in [4.69, 9.17) is 0 Å². The summed E-state index contributed by atoms with van der Waals surface area (Å²) in [5.74, 6) is 0.699. The fourth-order valence-corrected chi connectivity index (χ4v) is 2.61. The maximum atomic E-state index is 13.8. The molecule has 1 aromatic carbocycles. The minimum atomic E-state index is -0.159. The highest BCUT2D eigenvalue weighted by Crippen LogP contribution is 2.22. The molecule has 0 saturated heterocycles. The van der Waals surface area contributed by atoms with Crippen molar-refractivity contribution >= 4 is 17.7 Å². The van der Waals surface area contributed by atoms with Crippen LogP contribution < -0.4 is 5.32 Å². The monoisotopic (exact) mass is 267 g/mol. The molecule has 1 heterocycles. The molecule has 2 rings (SSSR count). The SMILES string of the molecule is CSc1cccc(F)c1CNC1=NCCCN1C. The van der Waals surface area contributed by atoms with E-state index < -0.39 is 0 Å². The lowest BCUT2D eigenvalue weighted by atomic mass is 10.2. The Morgan fingerprint density at radius 1 is 1.50 bits per heavy atom. The Labute approximate surface area is 111 Å². The summed E-state index contributed by atoms with van der Waals surface area (Å²) in [5.41, 5.74) is 0.715. The molecule has 1 aliphatic rings. The Morgan fingerprint density at radius 2 is 2.33 bits per heavy atom. The number of halogens is 1. The highest BCUT2D eigenvalue weighted by Gasteiger charge is 2.13. The zero-order valence-corrected chi connectivity index (χ0v) is 11.6. The quantitative estimate of drug-likeness (QED) is 0.852. The van der Waals surface area contributed by atoms with Gasteiger partial charge in [-0.3, -0.25) is 4.99 Å². The molecule has 18 heavy (non-hydrogen) atoms. The minimum absolute atomic E-state index is 0.159. The van der Waals surface area contributed by atoms with E-state index in [1.165, 1.54) is 6.07 Å². The third-order valence-electron chi connectivity index (χ3n) is 2.99. The summed E-state index contributed by atoms with van der Waals surface area (Å²) in [4.78, 5) is 7.46. The van der Waals surface area contributed by atoms with Crippen LogP contribution in [0.3, 0.4) is 0 Å². The van der Waals surface area contributed by atoms with Crippen molar-refractivity contribution in [2.45, 2.75) is 17.9 Å². The van der Waals surface area contributed by atoms with Crippen LogP contribution >= 0.6 is 11.8 Å². The van der Waals surface area contributed by atoms with Crippen molar-refractivity contribution in [1.29, 1.82) is 0 Å². The third-order valence-corrected chi connectivity index (χ3v) is 3.82. The summed E-state index contributed by atoms with van der Waals surface area (Å²) in [6, 6.07) is 5.19. The van der Waals surface area contributed by atoms with Crippen molar-refractivity contribution in [2.75, 3.05) is 26.4 Å². The Kier molecular flexibility index (Phi) is 4.47. The first kappa shape index (κ1) is 13.2. The van der Waals surface area contributed by atoms with Crippen molar-refractivity contribution < 1.29 is 4.39 Å². The van der Waals surface area contributed by atoms with Gasteiger partial charge in [-0.15, -0.1) is 11.8 Å². The molecule has 0 saturated carbocycles. The first-order valence-corrected chi connectivity index (χ1v) is 7.25. The van der Waals surface area contributed by atoms with Crippen molar-refractivity contribution in [3.8, 4) is 0 Å². The van der Waals surface area contributed by atoms with E-state index in [9.17, 15) is 4.39 Å².